The molecule has 0 aliphatic rings. The van der Waals surface area contributed by atoms with Gasteiger partial charge in [-0.3, -0.25) is 4.72 Å². The molecule has 2 rings (SSSR count). The third-order valence-electron chi connectivity index (χ3n) is 2.43. The number of hydrogen-bond donors (Lipinski definition) is 2. The van der Waals surface area contributed by atoms with E-state index < -0.39 is 15.8 Å². The molecular formula is C12H9Cl2FN2O2S. The van der Waals surface area contributed by atoms with Gasteiger partial charge in [-0.25, -0.2) is 12.8 Å². The predicted octanol–water partition coefficient (Wildman–Crippen LogP) is 3.52. The molecule has 20 heavy (non-hydrogen) atoms. The van der Waals surface area contributed by atoms with Gasteiger partial charge in [0.1, 0.15) is 0 Å². The zero-order valence-corrected chi connectivity index (χ0v) is 12.2. The number of rotatable bonds is 3. The number of hydrogen-bond acceptors (Lipinski definition) is 3. The van der Waals surface area contributed by atoms with E-state index in [1.54, 1.807) is 0 Å². The van der Waals surface area contributed by atoms with Crippen molar-refractivity contribution in [3.05, 3.63) is 52.3 Å². The molecule has 8 heteroatoms. The van der Waals surface area contributed by atoms with Crippen LogP contribution in [0.2, 0.25) is 10.0 Å². The topological polar surface area (TPSA) is 72.2 Å². The standard InChI is InChI=1S/C12H9Cl2FN2O2S/c13-10-5-8(6-11(14)12(10)15)17-20(18,19)9-3-1-7(16)2-4-9/h1-6,17H,16H2. The highest BCUT2D eigenvalue weighted by atomic mass is 35.5. The van der Waals surface area contributed by atoms with E-state index in [0.717, 1.165) is 12.1 Å². The van der Waals surface area contributed by atoms with Crippen molar-refractivity contribution in [3.63, 3.8) is 0 Å². The third kappa shape index (κ3) is 3.15. The van der Waals surface area contributed by atoms with Gasteiger partial charge in [-0.15, -0.1) is 0 Å². The molecule has 0 bridgehead atoms. The summed E-state index contributed by atoms with van der Waals surface area (Å²) in [5.41, 5.74) is 6.00. The van der Waals surface area contributed by atoms with Crippen LogP contribution in [0.15, 0.2) is 41.3 Å². The Bertz CT molecular complexity index is 726. The van der Waals surface area contributed by atoms with Crippen LogP contribution in [0.3, 0.4) is 0 Å². The number of halogens is 3. The SMILES string of the molecule is Nc1ccc(S(=O)(=O)Nc2cc(Cl)c(F)c(Cl)c2)cc1. The van der Waals surface area contributed by atoms with Gasteiger partial charge in [0, 0.05) is 5.69 Å². The smallest absolute Gasteiger partial charge is 0.261 e. The first-order valence-corrected chi connectivity index (χ1v) is 7.56. The summed E-state index contributed by atoms with van der Waals surface area (Å²) in [4.78, 5) is 0.0169. The average molecular weight is 335 g/mol. The molecule has 0 aromatic heterocycles. The molecule has 106 valence electrons. The summed E-state index contributed by atoms with van der Waals surface area (Å²) in [6, 6.07) is 7.89. The van der Waals surface area contributed by atoms with Crippen LogP contribution in [0, 0.1) is 5.82 Å². The Balaban J connectivity index is 2.36. The third-order valence-corrected chi connectivity index (χ3v) is 4.37. The lowest BCUT2D eigenvalue weighted by Crippen LogP contribution is -2.13. The maximum absolute atomic E-state index is 13.3. The Morgan fingerprint density at radius 1 is 1.05 bits per heavy atom. The van der Waals surface area contributed by atoms with Crippen LogP contribution < -0.4 is 10.5 Å². The van der Waals surface area contributed by atoms with E-state index in [2.05, 4.69) is 4.72 Å². The molecule has 0 saturated carbocycles. The number of benzene rings is 2. The molecule has 0 fully saturated rings. The van der Waals surface area contributed by atoms with Crippen LogP contribution in [-0.2, 0) is 10.0 Å². The van der Waals surface area contributed by atoms with Gasteiger partial charge in [-0.05, 0) is 36.4 Å². The number of sulfonamides is 1. The number of nitrogens with one attached hydrogen (secondary N) is 1. The Morgan fingerprint density at radius 3 is 2.05 bits per heavy atom. The van der Waals surface area contributed by atoms with E-state index in [0.29, 0.717) is 5.69 Å². The molecule has 2 aromatic rings. The molecule has 0 atom stereocenters. The summed E-state index contributed by atoms with van der Waals surface area (Å²) in [6.07, 6.45) is 0. The van der Waals surface area contributed by atoms with Crippen LogP contribution in [0.5, 0.6) is 0 Å². The number of anilines is 2. The molecule has 3 N–H and O–H groups in total. The van der Waals surface area contributed by atoms with Crippen molar-refractivity contribution in [3.8, 4) is 0 Å². The molecule has 2 aromatic carbocycles. The zero-order chi connectivity index (χ0) is 14.9. The molecule has 0 aliphatic heterocycles. The Labute approximate surface area is 125 Å². The monoisotopic (exact) mass is 334 g/mol. The summed E-state index contributed by atoms with van der Waals surface area (Å²) in [6.45, 7) is 0. The van der Waals surface area contributed by atoms with E-state index in [1.165, 1.54) is 24.3 Å². The van der Waals surface area contributed by atoms with Crippen LogP contribution >= 0.6 is 23.2 Å². The Morgan fingerprint density at radius 2 is 1.55 bits per heavy atom. The maximum Gasteiger partial charge on any atom is 0.261 e. The highest BCUT2D eigenvalue weighted by molar-refractivity contribution is 7.92. The minimum absolute atomic E-state index is 0.0169. The average Bonchev–Trinajstić information content (AvgIpc) is 2.36. The molecule has 0 saturated heterocycles. The molecular weight excluding hydrogens is 326 g/mol. The summed E-state index contributed by atoms with van der Waals surface area (Å²) in [5, 5.41) is -0.542. The van der Waals surface area contributed by atoms with Gasteiger partial charge >= 0.3 is 0 Å². The van der Waals surface area contributed by atoms with Gasteiger partial charge in [0.05, 0.1) is 20.6 Å². The fourth-order valence-corrected chi connectivity index (χ4v) is 3.00. The van der Waals surface area contributed by atoms with Gasteiger partial charge in [0.25, 0.3) is 10.0 Å². The van der Waals surface area contributed by atoms with Crippen molar-refractivity contribution < 1.29 is 12.8 Å². The lowest BCUT2D eigenvalue weighted by Gasteiger charge is -2.09. The lowest BCUT2D eigenvalue weighted by molar-refractivity contribution is 0.601. The van der Waals surface area contributed by atoms with Crippen molar-refractivity contribution in [2.75, 3.05) is 10.5 Å². The minimum Gasteiger partial charge on any atom is -0.399 e. The Kier molecular flexibility index (Phi) is 4.08. The van der Waals surface area contributed by atoms with Gasteiger partial charge in [-0.2, -0.15) is 0 Å². The van der Waals surface area contributed by atoms with Crippen LogP contribution in [0.1, 0.15) is 0 Å². The molecule has 0 heterocycles. The van der Waals surface area contributed by atoms with Crippen molar-refractivity contribution in [2.24, 2.45) is 0 Å². The second-order valence-electron chi connectivity index (χ2n) is 3.93. The lowest BCUT2D eigenvalue weighted by atomic mass is 10.3. The summed E-state index contributed by atoms with van der Waals surface area (Å²) in [7, 11) is -3.82. The van der Waals surface area contributed by atoms with Crippen LogP contribution in [0.25, 0.3) is 0 Å². The summed E-state index contributed by atoms with van der Waals surface area (Å²) in [5.74, 6) is -0.802. The van der Waals surface area contributed by atoms with Gasteiger partial charge in [0.15, 0.2) is 5.82 Å². The van der Waals surface area contributed by atoms with E-state index in [4.69, 9.17) is 28.9 Å². The fraction of sp³-hybridized carbons (Fsp3) is 0. The largest absolute Gasteiger partial charge is 0.399 e. The second-order valence-corrected chi connectivity index (χ2v) is 6.43. The van der Waals surface area contributed by atoms with Crippen molar-refractivity contribution in [1.29, 1.82) is 0 Å². The van der Waals surface area contributed by atoms with Crippen LogP contribution in [-0.4, -0.2) is 8.42 Å². The van der Waals surface area contributed by atoms with E-state index >= 15 is 0 Å². The van der Waals surface area contributed by atoms with Gasteiger partial charge in [0.2, 0.25) is 0 Å². The zero-order valence-electron chi connectivity index (χ0n) is 9.90. The number of nitrogen functional groups attached to an aromatic ring is 1. The highest BCUT2D eigenvalue weighted by Gasteiger charge is 2.16. The summed E-state index contributed by atoms with van der Waals surface area (Å²) < 4.78 is 39.7. The summed E-state index contributed by atoms with van der Waals surface area (Å²) >= 11 is 11.2. The van der Waals surface area contributed by atoms with E-state index in [1.807, 2.05) is 0 Å². The van der Waals surface area contributed by atoms with Crippen molar-refractivity contribution in [2.45, 2.75) is 4.90 Å². The van der Waals surface area contributed by atoms with Crippen molar-refractivity contribution >= 4 is 44.6 Å². The molecule has 0 amide bonds. The molecule has 0 aliphatic carbocycles. The van der Waals surface area contributed by atoms with Crippen LogP contribution in [0.4, 0.5) is 15.8 Å². The normalized spacial score (nSPS) is 11.3. The minimum atomic E-state index is -3.82. The van der Waals surface area contributed by atoms with Gasteiger partial charge < -0.3 is 5.73 Å². The second kappa shape index (κ2) is 5.47. The molecule has 0 spiro atoms. The molecule has 0 unspecified atom stereocenters. The molecule has 4 nitrogen and oxygen atoms in total. The van der Waals surface area contributed by atoms with Gasteiger partial charge in [-0.1, -0.05) is 23.2 Å². The molecule has 0 radical (unpaired) electrons. The fourth-order valence-electron chi connectivity index (χ4n) is 1.48. The quantitative estimate of drug-likeness (QED) is 0.666. The predicted molar refractivity (Wildman–Crippen MR) is 78.1 cm³/mol. The first kappa shape index (κ1) is 14.9. The first-order valence-electron chi connectivity index (χ1n) is 5.32. The van der Waals surface area contributed by atoms with E-state index in [9.17, 15) is 12.8 Å². The number of nitrogens with two attached hydrogens (primary N) is 1. The van der Waals surface area contributed by atoms with E-state index in [-0.39, 0.29) is 20.6 Å². The first-order chi connectivity index (χ1) is 9.29. The van der Waals surface area contributed by atoms with Crippen molar-refractivity contribution in [1.82, 2.24) is 0 Å². The Hall–Kier alpha value is -1.50. The maximum atomic E-state index is 13.3. The highest BCUT2D eigenvalue weighted by Crippen LogP contribution is 2.28.